The SMILES string of the molecule is NC1CCC(CNS(=O)(=O)N2CCCCCC2)C1. The number of hydrogen-bond donors (Lipinski definition) is 2. The van der Waals surface area contributed by atoms with Crippen LogP contribution >= 0.6 is 0 Å². The van der Waals surface area contributed by atoms with Crippen molar-refractivity contribution in [2.45, 2.75) is 51.0 Å². The zero-order chi connectivity index (χ0) is 13.0. The highest BCUT2D eigenvalue weighted by Crippen LogP contribution is 2.23. The van der Waals surface area contributed by atoms with E-state index in [1.54, 1.807) is 4.31 Å². The van der Waals surface area contributed by atoms with Crippen LogP contribution in [0, 0.1) is 5.92 Å². The van der Waals surface area contributed by atoms with Gasteiger partial charge in [0.1, 0.15) is 0 Å². The van der Waals surface area contributed by atoms with Crippen LogP contribution < -0.4 is 10.5 Å². The van der Waals surface area contributed by atoms with Crippen molar-refractivity contribution in [3.63, 3.8) is 0 Å². The van der Waals surface area contributed by atoms with Crippen molar-refractivity contribution < 1.29 is 8.42 Å². The first-order chi connectivity index (χ1) is 8.58. The van der Waals surface area contributed by atoms with Gasteiger partial charge in [-0.25, -0.2) is 4.72 Å². The Morgan fingerprint density at radius 2 is 1.78 bits per heavy atom. The number of rotatable bonds is 4. The largest absolute Gasteiger partial charge is 0.328 e. The summed E-state index contributed by atoms with van der Waals surface area (Å²) in [6, 6.07) is 0.262. The van der Waals surface area contributed by atoms with E-state index in [-0.39, 0.29) is 6.04 Å². The van der Waals surface area contributed by atoms with Gasteiger partial charge in [0, 0.05) is 25.7 Å². The summed E-state index contributed by atoms with van der Waals surface area (Å²) in [6.45, 7) is 1.88. The normalized spacial score (nSPS) is 31.4. The molecule has 0 radical (unpaired) electrons. The lowest BCUT2D eigenvalue weighted by atomic mass is 10.1. The van der Waals surface area contributed by atoms with Gasteiger partial charge in [0.15, 0.2) is 0 Å². The van der Waals surface area contributed by atoms with Gasteiger partial charge in [-0.1, -0.05) is 12.8 Å². The molecule has 1 heterocycles. The molecule has 2 atom stereocenters. The Morgan fingerprint density at radius 3 is 2.33 bits per heavy atom. The molecular weight excluding hydrogens is 250 g/mol. The van der Waals surface area contributed by atoms with E-state index in [1.165, 1.54) is 0 Å². The second kappa shape index (κ2) is 6.32. The van der Waals surface area contributed by atoms with Crippen LogP contribution in [0.4, 0.5) is 0 Å². The first kappa shape index (κ1) is 14.2. The molecule has 1 aliphatic carbocycles. The Labute approximate surface area is 110 Å². The fourth-order valence-electron chi connectivity index (χ4n) is 2.90. The molecule has 1 saturated carbocycles. The molecule has 5 nitrogen and oxygen atoms in total. The molecule has 6 heteroatoms. The Bertz CT molecular complexity index is 350. The number of hydrogen-bond acceptors (Lipinski definition) is 3. The molecule has 0 bridgehead atoms. The third-order valence-electron chi connectivity index (χ3n) is 4.04. The van der Waals surface area contributed by atoms with Crippen LogP contribution in [0.25, 0.3) is 0 Å². The van der Waals surface area contributed by atoms with E-state index in [4.69, 9.17) is 5.73 Å². The maximum absolute atomic E-state index is 12.2. The summed E-state index contributed by atoms with van der Waals surface area (Å²) in [5.41, 5.74) is 5.84. The van der Waals surface area contributed by atoms with Crippen molar-refractivity contribution in [3.05, 3.63) is 0 Å². The monoisotopic (exact) mass is 275 g/mol. The standard InChI is InChI=1S/C12H25N3O2S/c13-12-6-5-11(9-12)10-14-18(16,17)15-7-3-1-2-4-8-15/h11-12,14H,1-10,13H2. The molecular formula is C12H25N3O2S. The Morgan fingerprint density at radius 1 is 1.11 bits per heavy atom. The smallest absolute Gasteiger partial charge is 0.279 e. The maximum Gasteiger partial charge on any atom is 0.279 e. The van der Waals surface area contributed by atoms with Crippen LogP contribution in [-0.2, 0) is 10.2 Å². The molecule has 0 aromatic heterocycles. The van der Waals surface area contributed by atoms with Crippen molar-refractivity contribution in [3.8, 4) is 0 Å². The molecule has 1 saturated heterocycles. The van der Waals surface area contributed by atoms with Gasteiger partial charge in [-0.3, -0.25) is 0 Å². The molecule has 0 spiro atoms. The highest BCUT2D eigenvalue weighted by atomic mass is 32.2. The fraction of sp³-hybridized carbons (Fsp3) is 1.00. The average molecular weight is 275 g/mol. The van der Waals surface area contributed by atoms with E-state index >= 15 is 0 Å². The van der Waals surface area contributed by atoms with Crippen LogP contribution in [0.3, 0.4) is 0 Å². The van der Waals surface area contributed by atoms with Crippen molar-refractivity contribution in [2.75, 3.05) is 19.6 Å². The van der Waals surface area contributed by atoms with Crippen molar-refractivity contribution in [1.82, 2.24) is 9.03 Å². The average Bonchev–Trinajstić information content (AvgIpc) is 2.59. The maximum atomic E-state index is 12.2. The zero-order valence-electron chi connectivity index (χ0n) is 11.0. The fourth-order valence-corrected chi connectivity index (χ4v) is 4.26. The topological polar surface area (TPSA) is 75.4 Å². The molecule has 2 aliphatic rings. The molecule has 106 valence electrons. The van der Waals surface area contributed by atoms with Gasteiger partial charge in [0.25, 0.3) is 10.2 Å². The van der Waals surface area contributed by atoms with E-state index in [9.17, 15) is 8.42 Å². The van der Waals surface area contributed by atoms with Gasteiger partial charge in [-0.2, -0.15) is 12.7 Å². The molecule has 0 aromatic carbocycles. The highest BCUT2D eigenvalue weighted by molar-refractivity contribution is 7.87. The summed E-state index contributed by atoms with van der Waals surface area (Å²) >= 11 is 0. The lowest BCUT2D eigenvalue weighted by molar-refractivity contribution is 0.407. The zero-order valence-corrected chi connectivity index (χ0v) is 11.8. The van der Waals surface area contributed by atoms with E-state index < -0.39 is 10.2 Å². The van der Waals surface area contributed by atoms with Gasteiger partial charge in [0.05, 0.1) is 0 Å². The predicted molar refractivity (Wildman–Crippen MR) is 72.3 cm³/mol. The van der Waals surface area contributed by atoms with E-state index in [1.807, 2.05) is 0 Å². The number of nitrogens with two attached hydrogens (primary N) is 1. The van der Waals surface area contributed by atoms with Crippen molar-refractivity contribution >= 4 is 10.2 Å². The summed E-state index contributed by atoms with van der Waals surface area (Å²) in [4.78, 5) is 0. The first-order valence-electron chi connectivity index (χ1n) is 7.08. The van der Waals surface area contributed by atoms with Crippen LogP contribution in [0.1, 0.15) is 44.9 Å². The van der Waals surface area contributed by atoms with Gasteiger partial charge in [-0.05, 0) is 38.0 Å². The summed E-state index contributed by atoms with van der Waals surface area (Å²) in [5.74, 6) is 0.418. The van der Waals surface area contributed by atoms with E-state index in [2.05, 4.69) is 4.72 Å². The second-order valence-electron chi connectivity index (χ2n) is 5.61. The summed E-state index contributed by atoms with van der Waals surface area (Å²) in [7, 11) is -3.27. The molecule has 1 aliphatic heterocycles. The van der Waals surface area contributed by atoms with E-state index in [0.717, 1.165) is 44.9 Å². The van der Waals surface area contributed by atoms with Crippen LogP contribution in [0.2, 0.25) is 0 Å². The Balaban J connectivity index is 1.82. The van der Waals surface area contributed by atoms with Crippen LogP contribution in [0.5, 0.6) is 0 Å². The van der Waals surface area contributed by atoms with Gasteiger partial charge in [0.2, 0.25) is 0 Å². The quantitative estimate of drug-likeness (QED) is 0.798. The number of nitrogens with zero attached hydrogens (tertiary/aromatic N) is 1. The molecule has 2 rings (SSSR count). The molecule has 2 fully saturated rings. The third kappa shape index (κ3) is 3.91. The molecule has 3 N–H and O–H groups in total. The lowest BCUT2D eigenvalue weighted by Crippen LogP contribution is -2.42. The predicted octanol–water partition coefficient (Wildman–Crippen LogP) is 0.824. The van der Waals surface area contributed by atoms with Crippen LogP contribution in [-0.4, -0.2) is 38.4 Å². The number of nitrogens with one attached hydrogen (secondary N) is 1. The Kier molecular flexibility index (Phi) is 5.00. The first-order valence-corrected chi connectivity index (χ1v) is 8.52. The summed E-state index contributed by atoms with van der Waals surface area (Å²) in [5, 5.41) is 0. The van der Waals surface area contributed by atoms with E-state index in [0.29, 0.717) is 25.6 Å². The summed E-state index contributed by atoms with van der Waals surface area (Å²) < 4.78 is 28.7. The minimum absolute atomic E-state index is 0.262. The second-order valence-corrected chi connectivity index (χ2v) is 7.36. The molecule has 2 unspecified atom stereocenters. The van der Waals surface area contributed by atoms with Gasteiger partial charge >= 0.3 is 0 Å². The highest BCUT2D eigenvalue weighted by Gasteiger charge is 2.26. The minimum atomic E-state index is -3.27. The lowest BCUT2D eigenvalue weighted by Gasteiger charge is -2.21. The van der Waals surface area contributed by atoms with Crippen molar-refractivity contribution in [2.24, 2.45) is 11.7 Å². The molecule has 0 aromatic rings. The van der Waals surface area contributed by atoms with Gasteiger partial charge < -0.3 is 5.73 Å². The molecule has 0 amide bonds. The molecule has 18 heavy (non-hydrogen) atoms. The Hall–Kier alpha value is -0.170. The van der Waals surface area contributed by atoms with Crippen LogP contribution in [0.15, 0.2) is 0 Å². The third-order valence-corrected chi connectivity index (χ3v) is 5.62. The summed E-state index contributed by atoms with van der Waals surface area (Å²) in [6.07, 6.45) is 7.26. The van der Waals surface area contributed by atoms with Crippen molar-refractivity contribution in [1.29, 1.82) is 0 Å². The minimum Gasteiger partial charge on any atom is -0.328 e. The van der Waals surface area contributed by atoms with Gasteiger partial charge in [-0.15, -0.1) is 0 Å².